The summed E-state index contributed by atoms with van der Waals surface area (Å²) in [5.74, 6) is -72.1. The van der Waals surface area contributed by atoms with Crippen molar-refractivity contribution in [1.82, 2.24) is 0 Å². The summed E-state index contributed by atoms with van der Waals surface area (Å²) in [4.78, 5) is 0. The zero-order chi connectivity index (χ0) is 30.8. The van der Waals surface area contributed by atoms with Crippen LogP contribution in [0.2, 0.25) is 0 Å². The van der Waals surface area contributed by atoms with Gasteiger partial charge in [0.2, 0.25) is 17.5 Å². The largest absolute Gasteiger partial charge is 0.460 e. The van der Waals surface area contributed by atoms with Crippen molar-refractivity contribution in [2.24, 2.45) is 0 Å². The summed E-state index contributed by atoms with van der Waals surface area (Å²) in [5, 5.41) is -6.78. The molecule has 25 heteroatoms. The molecule has 0 rings (SSSR count). The van der Waals surface area contributed by atoms with Gasteiger partial charge in [0.1, 0.15) is 0 Å². The van der Waals surface area contributed by atoms with Crippen LogP contribution in [-0.4, -0.2) is 59.9 Å². The number of halogens is 21. The van der Waals surface area contributed by atoms with Gasteiger partial charge in [-0.2, -0.15) is 83.1 Å². The Morgan fingerprint density at radius 1 is 0.459 bits per heavy atom. The van der Waals surface area contributed by atoms with E-state index in [1.54, 1.807) is 0 Å². The van der Waals surface area contributed by atoms with Gasteiger partial charge in [0.05, 0.1) is 0 Å². The van der Waals surface area contributed by atoms with Gasteiger partial charge in [0, 0.05) is 0 Å². The van der Waals surface area contributed by atoms with E-state index in [4.69, 9.17) is 4.55 Å². The lowest BCUT2D eigenvalue weighted by molar-refractivity contribution is -0.450. The first-order valence-electron chi connectivity index (χ1n) is 7.44. The lowest BCUT2D eigenvalue weighted by Crippen LogP contribution is -2.72. The molecule has 3 nitrogen and oxygen atoms in total. The molecule has 0 amide bonds. The average Bonchev–Trinajstić information content (AvgIpc) is 2.68. The van der Waals surface area contributed by atoms with Gasteiger partial charge in [0.15, 0.2) is 5.83 Å². The van der Waals surface area contributed by atoms with Crippen LogP contribution in [0.1, 0.15) is 0 Å². The minimum absolute atomic E-state index is 4.69. The minimum Gasteiger partial charge on any atom is -0.281 e. The first-order valence-corrected chi connectivity index (χ1v) is 8.88. The number of rotatable bonds is 9. The normalized spacial score (nSPS) is 17.5. The van der Waals surface area contributed by atoms with E-state index < -0.39 is 80.4 Å². The van der Waals surface area contributed by atoms with E-state index in [9.17, 15) is 101 Å². The predicted molar refractivity (Wildman–Crippen MR) is 70.7 cm³/mol. The highest BCUT2D eigenvalue weighted by Crippen LogP contribution is 2.63. The topological polar surface area (TPSA) is 54.4 Å². The fraction of sp³-hybridized carbons (Fsp3) is 0.667. The third kappa shape index (κ3) is 4.79. The van der Waals surface area contributed by atoms with Crippen molar-refractivity contribution in [2.75, 3.05) is 0 Å². The zero-order valence-electron chi connectivity index (χ0n) is 15.6. The summed E-state index contributed by atoms with van der Waals surface area (Å²) < 4.78 is 300. The monoisotopic (exact) mass is 624 g/mol. The van der Waals surface area contributed by atoms with E-state index in [-0.39, 0.29) is 0 Å². The SMILES string of the molecule is O=S(=O)(O)C(F)(F)/C(F)=C(F)/C(F)=C(\F)C(F)(F)C(F)(F)C(F)(F)C(F)(F)C(F)(F)C(F)(F)C(F)(F)F. The van der Waals surface area contributed by atoms with Crippen LogP contribution < -0.4 is 0 Å². The van der Waals surface area contributed by atoms with Gasteiger partial charge in [-0.3, -0.25) is 4.55 Å². The third-order valence-electron chi connectivity index (χ3n) is 3.76. The quantitative estimate of drug-likeness (QED) is 0.169. The first kappa shape index (κ1) is 34.9. The molecule has 0 fully saturated rings. The summed E-state index contributed by atoms with van der Waals surface area (Å²) >= 11 is 0. The Labute approximate surface area is 186 Å². The number of hydrogen-bond donors (Lipinski definition) is 1. The molecule has 0 aromatic heterocycles. The van der Waals surface area contributed by atoms with E-state index in [2.05, 4.69) is 0 Å². The van der Waals surface area contributed by atoms with E-state index in [0.29, 0.717) is 0 Å². The van der Waals surface area contributed by atoms with Crippen molar-refractivity contribution >= 4 is 10.1 Å². The molecule has 0 radical (unpaired) electrons. The fourth-order valence-electron chi connectivity index (χ4n) is 1.68. The summed E-state index contributed by atoms with van der Waals surface area (Å²) in [6.07, 6.45) is -7.99. The highest BCUT2D eigenvalue weighted by atomic mass is 32.2. The second kappa shape index (κ2) is 9.00. The van der Waals surface area contributed by atoms with Crippen LogP contribution in [0.15, 0.2) is 23.3 Å². The minimum atomic E-state index is -9.00. The van der Waals surface area contributed by atoms with E-state index in [1.165, 1.54) is 0 Å². The molecule has 1 N–H and O–H groups in total. The van der Waals surface area contributed by atoms with E-state index in [0.717, 1.165) is 0 Å². The Morgan fingerprint density at radius 2 is 0.730 bits per heavy atom. The molecule has 0 aliphatic rings. The van der Waals surface area contributed by atoms with Crippen LogP contribution >= 0.6 is 0 Å². The smallest absolute Gasteiger partial charge is 0.281 e. The van der Waals surface area contributed by atoms with Crippen molar-refractivity contribution in [3.8, 4) is 0 Å². The molecule has 0 bridgehead atoms. The van der Waals surface area contributed by atoms with Crippen molar-refractivity contribution in [3.05, 3.63) is 23.3 Å². The Morgan fingerprint density at radius 3 is 1.03 bits per heavy atom. The molecular formula is C12HF21O3S. The number of alkyl halides is 17. The summed E-state index contributed by atoms with van der Waals surface area (Å²) in [5.41, 5.74) is 0. The molecule has 0 saturated carbocycles. The fourth-order valence-corrected chi connectivity index (χ4v) is 1.99. The highest BCUT2D eigenvalue weighted by Gasteiger charge is 2.93. The molecule has 0 heterocycles. The first-order chi connectivity index (χ1) is 15.6. The summed E-state index contributed by atoms with van der Waals surface area (Å²) in [7, 11) is -7.27. The third-order valence-corrected chi connectivity index (χ3v) is 4.59. The van der Waals surface area contributed by atoms with Crippen LogP contribution in [0, 0.1) is 0 Å². The van der Waals surface area contributed by atoms with Crippen LogP contribution in [0.25, 0.3) is 0 Å². The molecule has 0 aliphatic heterocycles. The average molecular weight is 624 g/mol. The molecule has 0 saturated heterocycles. The zero-order valence-corrected chi connectivity index (χ0v) is 16.4. The lowest BCUT2D eigenvalue weighted by atomic mass is 9.90. The predicted octanol–water partition coefficient (Wildman–Crippen LogP) is 7.14. The van der Waals surface area contributed by atoms with Crippen molar-refractivity contribution in [3.63, 3.8) is 0 Å². The van der Waals surface area contributed by atoms with Gasteiger partial charge in [-0.25, -0.2) is 17.6 Å². The Balaban J connectivity index is 7.18. The van der Waals surface area contributed by atoms with Crippen molar-refractivity contribution in [1.29, 1.82) is 0 Å². The molecule has 0 spiro atoms. The molecule has 0 aromatic rings. The number of hydrogen-bond acceptors (Lipinski definition) is 2. The van der Waals surface area contributed by atoms with Gasteiger partial charge < -0.3 is 0 Å². The van der Waals surface area contributed by atoms with Gasteiger partial charge in [-0.1, -0.05) is 0 Å². The molecule has 0 atom stereocenters. The number of allylic oxidation sites excluding steroid dienone is 3. The second-order valence-electron chi connectivity index (χ2n) is 6.19. The Bertz CT molecular complexity index is 1060. The molecule has 0 aliphatic carbocycles. The molecule has 0 aromatic carbocycles. The van der Waals surface area contributed by atoms with Gasteiger partial charge in [-0.15, -0.1) is 0 Å². The molecular weight excluding hydrogens is 623 g/mol. The maximum absolute atomic E-state index is 13.4. The van der Waals surface area contributed by atoms with Crippen LogP contribution in [0.3, 0.4) is 0 Å². The highest BCUT2D eigenvalue weighted by molar-refractivity contribution is 7.87. The van der Waals surface area contributed by atoms with Crippen LogP contribution in [0.5, 0.6) is 0 Å². The molecule has 37 heavy (non-hydrogen) atoms. The van der Waals surface area contributed by atoms with Crippen LogP contribution in [0.4, 0.5) is 92.2 Å². The standard InChI is InChI=1S/C12HF21O3S/c13-1(2(14)4(16)6(19,20)37(34,35)36)3(15)5(17,18)7(21,22)8(23,24)9(25,26)10(27,28)11(29,30)12(31,32)33/h(H,34,35,36)/b3-1+,4-2+. The van der Waals surface area contributed by atoms with E-state index in [1.807, 2.05) is 0 Å². The maximum Gasteiger partial charge on any atom is 0.460 e. The van der Waals surface area contributed by atoms with Gasteiger partial charge in [0.25, 0.3) is 0 Å². The maximum atomic E-state index is 13.4. The van der Waals surface area contributed by atoms with Crippen molar-refractivity contribution in [2.45, 2.75) is 47.0 Å². The summed E-state index contributed by atoms with van der Waals surface area (Å²) in [6.45, 7) is 0. The van der Waals surface area contributed by atoms with Crippen molar-refractivity contribution < 1.29 is 105 Å². The molecule has 0 unspecified atom stereocenters. The lowest BCUT2D eigenvalue weighted by Gasteiger charge is -2.41. The molecule has 220 valence electrons. The van der Waals surface area contributed by atoms with E-state index >= 15 is 0 Å². The second-order valence-corrected chi connectivity index (χ2v) is 7.65. The van der Waals surface area contributed by atoms with Gasteiger partial charge in [-0.05, 0) is 0 Å². The van der Waals surface area contributed by atoms with Crippen LogP contribution in [-0.2, 0) is 10.1 Å². The Kier molecular flexibility index (Phi) is 8.49. The Hall–Kier alpha value is -2.08. The summed E-state index contributed by atoms with van der Waals surface area (Å²) in [6, 6.07) is 0. The van der Waals surface area contributed by atoms with Gasteiger partial charge >= 0.3 is 57.1 Å².